The van der Waals surface area contributed by atoms with Gasteiger partial charge in [-0.2, -0.15) is 4.98 Å². The molecule has 2 N–H and O–H groups in total. The molecule has 0 fully saturated rings. The number of hydrogen-bond donors (Lipinski definition) is 2. The van der Waals surface area contributed by atoms with Crippen molar-refractivity contribution in [1.29, 1.82) is 0 Å². The molecule has 34 heavy (non-hydrogen) atoms. The van der Waals surface area contributed by atoms with Crippen LogP contribution in [0.3, 0.4) is 0 Å². The van der Waals surface area contributed by atoms with Crippen LogP contribution in [0.5, 0.6) is 5.75 Å². The molecule has 0 radical (unpaired) electrons. The molecular formula is C26H24N6O2. The summed E-state index contributed by atoms with van der Waals surface area (Å²) in [5.41, 5.74) is 4.73. The van der Waals surface area contributed by atoms with Gasteiger partial charge in [-0.3, -0.25) is 9.78 Å². The number of pyridine rings is 1. The number of allylic oxidation sites excluding steroid dienone is 1. The van der Waals surface area contributed by atoms with Crippen molar-refractivity contribution in [2.24, 2.45) is 0 Å². The highest BCUT2D eigenvalue weighted by Gasteiger charge is 2.34. The van der Waals surface area contributed by atoms with Crippen LogP contribution in [0.4, 0.5) is 11.6 Å². The summed E-state index contributed by atoms with van der Waals surface area (Å²) in [7, 11) is 1.58. The summed E-state index contributed by atoms with van der Waals surface area (Å²) in [5, 5.41) is 11.1. The molecule has 1 aliphatic heterocycles. The van der Waals surface area contributed by atoms with E-state index in [1.165, 1.54) is 0 Å². The van der Waals surface area contributed by atoms with Crippen LogP contribution in [0.15, 0.2) is 84.3 Å². The van der Waals surface area contributed by atoms with Crippen molar-refractivity contribution in [3.63, 3.8) is 0 Å². The van der Waals surface area contributed by atoms with Gasteiger partial charge in [-0.1, -0.05) is 35.9 Å². The Balaban J connectivity index is 1.59. The molecule has 2 aromatic carbocycles. The van der Waals surface area contributed by atoms with Crippen LogP contribution in [-0.2, 0) is 4.79 Å². The molecule has 5 rings (SSSR count). The van der Waals surface area contributed by atoms with Crippen LogP contribution in [-0.4, -0.2) is 32.8 Å². The van der Waals surface area contributed by atoms with Crippen LogP contribution in [0.25, 0.3) is 11.4 Å². The summed E-state index contributed by atoms with van der Waals surface area (Å²) in [6.45, 7) is 3.90. The molecule has 0 saturated carbocycles. The number of nitrogens with zero attached hydrogens (tertiary/aromatic N) is 4. The number of carbonyl (C=O) groups is 1. The third-order valence-electron chi connectivity index (χ3n) is 5.75. The second-order valence-corrected chi connectivity index (χ2v) is 8.07. The molecular weight excluding hydrogens is 428 g/mol. The van der Waals surface area contributed by atoms with E-state index in [9.17, 15) is 4.79 Å². The highest BCUT2D eigenvalue weighted by molar-refractivity contribution is 6.06. The van der Waals surface area contributed by atoms with Crippen LogP contribution >= 0.6 is 0 Å². The number of fused-ring (bicyclic) bond motifs is 1. The average molecular weight is 453 g/mol. The Bertz CT molecular complexity index is 1390. The van der Waals surface area contributed by atoms with Gasteiger partial charge in [-0.15, -0.1) is 5.10 Å². The molecule has 170 valence electrons. The summed E-state index contributed by atoms with van der Waals surface area (Å²) < 4.78 is 7.17. The standard InChI is InChI=1S/C26H24N6O2/c1-16-7-6-8-19(15-16)24-30-26-28-17(2)22(23(32(26)31-24)18-11-13-27-14-12-18)25(33)29-20-9-4-5-10-21(20)34-3/h4-15,23H,1-3H3,(H,29,33)(H,28,30,31)/t23-/m0/s1. The zero-order chi connectivity index (χ0) is 23.7. The maximum absolute atomic E-state index is 13.6. The SMILES string of the molecule is COc1ccccc1NC(=O)C1=C(C)Nc2nc(-c3cccc(C)c3)nn2[C@H]1c1ccncc1. The molecule has 0 saturated heterocycles. The Morgan fingerprint density at radius 3 is 2.62 bits per heavy atom. The molecule has 0 unspecified atom stereocenters. The van der Waals surface area contributed by atoms with E-state index >= 15 is 0 Å². The lowest BCUT2D eigenvalue weighted by Crippen LogP contribution is -2.31. The Morgan fingerprint density at radius 1 is 1.06 bits per heavy atom. The molecule has 8 nitrogen and oxygen atoms in total. The zero-order valence-corrected chi connectivity index (χ0v) is 19.1. The lowest BCUT2D eigenvalue weighted by molar-refractivity contribution is -0.113. The number of aryl methyl sites for hydroxylation is 1. The van der Waals surface area contributed by atoms with Gasteiger partial charge in [0.2, 0.25) is 5.95 Å². The fourth-order valence-electron chi connectivity index (χ4n) is 4.14. The molecule has 1 amide bonds. The van der Waals surface area contributed by atoms with Crippen molar-refractivity contribution < 1.29 is 9.53 Å². The fourth-order valence-corrected chi connectivity index (χ4v) is 4.14. The monoisotopic (exact) mass is 452 g/mol. The molecule has 0 spiro atoms. The van der Waals surface area contributed by atoms with Crippen molar-refractivity contribution in [3.05, 3.63) is 95.5 Å². The van der Waals surface area contributed by atoms with Crippen LogP contribution < -0.4 is 15.4 Å². The van der Waals surface area contributed by atoms with Crippen molar-refractivity contribution in [2.45, 2.75) is 19.9 Å². The third-order valence-corrected chi connectivity index (χ3v) is 5.75. The second kappa shape index (κ2) is 8.82. The first kappa shape index (κ1) is 21.4. The van der Waals surface area contributed by atoms with E-state index in [2.05, 4.69) is 15.6 Å². The minimum atomic E-state index is -0.486. The predicted octanol–water partition coefficient (Wildman–Crippen LogP) is 4.58. The summed E-state index contributed by atoms with van der Waals surface area (Å²) in [6, 6.07) is 18.6. The molecule has 1 atom stereocenters. The number of ether oxygens (including phenoxy) is 1. The number of nitrogens with one attached hydrogen (secondary N) is 2. The van der Waals surface area contributed by atoms with E-state index in [-0.39, 0.29) is 5.91 Å². The van der Waals surface area contributed by atoms with Gasteiger partial charge < -0.3 is 15.4 Å². The van der Waals surface area contributed by atoms with E-state index in [0.717, 1.165) is 16.7 Å². The van der Waals surface area contributed by atoms with E-state index in [4.69, 9.17) is 14.8 Å². The van der Waals surface area contributed by atoms with Crippen molar-refractivity contribution in [2.75, 3.05) is 17.7 Å². The highest BCUT2D eigenvalue weighted by Crippen LogP contribution is 2.37. The molecule has 1 aliphatic rings. The summed E-state index contributed by atoms with van der Waals surface area (Å²) in [4.78, 5) is 22.5. The lowest BCUT2D eigenvalue weighted by Gasteiger charge is -2.28. The van der Waals surface area contributed by atoms with Gasteiger partial charge in [0.15, 0.2) is 5.82 Å². The van der Waals surface area contributed by atoms with E-state index < -0.39 is 6.04 Å². The Morgan fingerprint density at radius 2 is 1.85 bits per heavy atom. The number of hydrogen-bond acceptors (Lipinski definition) is 6. The first-order chi connectivity index (χ1) is 16.5. The topological polar surface area (TPSA) is 94.0 Å². The van der Waals surface area contributed by atoms with E-state index in [0.29, 0.717) is 34.5 Å². The predicted molar refractivity (Wildman–Crippen MR) is 131 cm³/mol. The maximum atomic E-state index is 13.6. The van der Waals surface area contributed by atoms with Gasteiger partial charge in [0.05, 0.1) is 18.4 Å². The minimum Gasteiger partial charge on any atom is -0.495 e. The van der Waals surface area contributed by atoms with Gasteiger partial charge in [0, 0.05) is 23.7 Å². The Hall–Kier alpha value is -4.46. The normalized spacial score (nSPS) is 14.9. The first-order valence-electron chi connectivity index (χ1n) is 10.9. The number of para-hydroxylation sites is 2. The van der Waals surface area contributed by atoms with Gasteiger partial charge in [0.25, 0.3) is 5.91 Å². The number of rotatable bonds is 5. The molecule has 4 aromatic rings. The summed E-state index contributed by atoms with van der Waals surface area (Å²) in [5.74, 6) is 1.49. The second-order valence-electron chi connectivity index (χ2n) is 8.07. The van der Waals surface area contributed by atoms with Crippen LogP contribution in [0, 0.1) is 6.92 Å². The number of carbonyl (C=O) groups excluding carboxylic acids is 1. The van der Waals surface area contributed by atoms with Crippen LogP contribution in [0.2, 0.25) is 0 Å². The van der Waals surface area contributed by atoms with E-state index in [1.807, 2.05) is 62.4 Å². The average Bonchev–Trinajstić information content (AvgIpc) is 3.27. The molecule has 8 heteroatoms. The molecule has 3 heterocycles. The van der Waals surface area contributed by atoms with Crippen LogP contribution in [0.1, 0.15) is 24.1 Å². The first-order valence-corrected chi connectivity index (χ1v) is 10.9. The molecule has 0 aliphatic carbocycles. The van der Waals surface area contributed by atoms with Gasteiger partial charge >= 0.3 is 0 Å². The molecule has 2 aromatic heterocycles. The minimum absolute atomic E-state index is 0.255. The van der Waals surface area contributed by atoms with Crippen molar-refractivity contribution in [3.8, 4) is 17.1 Å². The largest absolute Gasteiger partial charge is 0.495 e. The Kier molecular flexibility index (Phi) is 5.55. The van der Waals surface area contributed by atoms with Gasteiger partial charge in [0.1, 0.15) is 11.8 Å². The highest BCUT2D eigenvalue weighted by atomic mass is 16.5. The van der Waals surface area contributed by atoms with Crippen molar-refractivity contribution >= 4 is 17.5 Å². The number of amides is 1. The van der Waals surface area contributed by atoms with Gasteiger partial charge in [-0.25, -0.2) is 4.68 Å². The molecule has 0 bridgehead atoms. The summed E-state index contributed by atoms with van der Waals surface area (Å²) in [6.07, 6.45) is 3.42. The van der Waals surface area contributed by atoms with Gasteiger partial charge in [-0.05, 0) is 49.7 Å². The quantitative estimate of drug-likeness (QED) is 0.460. The number of aromatic nitrogens is 4. The number of benzene rings is 2. The number of methoxy groups -OCH3 is 1. The Labute approximate surface area is 197 Å². The summed E-state index contributed by atoms with van der Waals surface area (Å²) >= 11 is 0. The lowest BCUT2D eigenvalue weighted by atomic mass is 9.96. The number of anilines is 2. The van der Waals surface area contributed by atoms with Crippen molar-refractivity contribution in [1.82, 2.24) is 19.7 Å². The third kappa shape index (κ3) is 3.90. The zero-order valence-electron chi connectivity index (χ0n) is 19.1. The maximum Gasteiger partial charge on any atom is 0.255 e. The smallest absolute Gasteiger partial charge is 0.255 e. The fraction of sp³-hybridized carbons (Fsp3) is 0.154. The van der Waals surface area contributed by atoms with E-state index in [1.54, 1.807) is 36.3 Å².